The van der Waals surface area contributed by atoms with Gasteiger partial charge in [-0.25, -0.2) is 4.79 Å². The summed E-state index contributed by atoms with van der Waals surface area (Å²) in [6.07, 6.45) is -5.01. The first-order valence-corrected chi connectivity index (χ1v) is 12.9. The number of rotatable bonds is 6. The highest BCUT2D eigenvalue weighted by Crippen LogP contribution is 2.31. The van der Waals surface area contributed by atoms with Gasteiger partial charge in [-0.3, -0.25) is 19.2 Å². The molecular formula is C23H35N5O11. The average Bonchev–Trinajstić information content (AvgIpc) is 3.66. The number of carboxylic acid groups (broad SMARTS) is 1. The lowest BCUT2D eigenvalue weighted by Gasteiger charge is -2.35. The third-order valence-corrected chi connectivity index (χ3v) is 7.90. The first-order valence-electron chi connectivity index (χ1n) is 12.9. The Bertz CT molecular complexity index is 1010. The number of β-amino-alcohol motifs (C(OH)–C–C–N with tert-alkyl or cyclic N) is 4. The highest BCUT2D eigenvalue weighted by atomic mass is 16.4. The van der Waals surface area contributed by atoms with E-state index >= 15 is 0 Å². The first-order chi connectivity index (χ1) is 18.3. The second-order valence-electron chi connectivity index (χ2n) is 10.7. The molecule has 4 fully saturated rings. The summed E-state index contributed by atoms with van der Waals surface area (Å²) in [5.41, 5.74) is 5.62. The molecule has 9 atom stereocenters. The number of likely N-dealkylation sites (tertiary alicyclic amines) is 4. The van der Waals surface area contributed by atoms with Gasteiger partial charge in [-0.05, 0) is 0 Å². The Labute approximate surface area is 223 Å². The van der Waals surface area contributed by atoms with E-state index in [1.54, 1.807) is 0 Å². The van der Waals surface area contributed by atoms with Crippen LogP contribution in [0.15, 0.2) is 0 Å². The molecule has 0 unspecified atom stereocenters. The SMILES string of the molecule is N[C@@H](CO)C(=O)N1C[C@H](O)C[C@H]1C(=O)N1C[C@H](O)C[C@H]1C(=O)N1C[C@H](O)C[C@H]1C(=O)N1C[C@H](O)C[C@H]1C(=O)O. The molecule has 4 saturated heterocycles. The first kappa shape index (κ1) is 29.1. The largest absolute Gasteiger partial charge is 0.480 e. The van der Waals surface area contributed by atoms with Crippen LogP contribution in [0, 0.1) is 0 Å². The normalized spacial score (nSPS) is 35.5. The van der Waals surface area contributed by atoms with Crippen LogP contribution < -0.4 is 5.73 Å². The summed E-state index contributed by atoms with van der Waals surface area (Å²) >= 11 is 0. The predicted molar refractivity (Wildman–Crippen MR) is 127 cm³/mol. The number of nitrogens with zero attached hydrogens (tertiary/aromatic N) is 4. The quantitative estimate of drug-likeness (QED) is 0.161. The van der Waals surface area contributed by atoms with Gasteiger partial charge in [0.25, 0.3) is 0 Å². The van der Waals surface area contributed by atoms with Gasteiger partial charge in [0.05, 0.1) is 31.0 Å². The third-order valence-electron chi connectivity index (χ3n) is 7.90. The molecule has 0 bridgehead atoms. The minimum Gasteiger partial charge on any atom is -0.480 e. The fraction of sp³-hybridized carbons (Fsp3) is 0.783. The van der Waals surface area contributed by atoms with Crippen LogP contribution in [0.4, 0.5) is 0 Å². The van der Waals surface area contributed by atoms with E-state index < -0.39 is 90.8 Å². The molecule has 8 N–H and O–H groups in total. The van der Waals surface area contributed by atoms with Crippen molar-refractivity contribution in [3.8, 4) is 0 Å². The highest BCUT2D eigenvalue weighted by molar-refractivity contribution is 5.96. The van der Waals surface area contributed by atoms with Gasteiger partial charge in [0.15, 0.2) is 0 Å². The van der Waals surface area contributed by atoms with E-state index in [1.165, 1.54) is 0 Å². The molecule has 0 aliphatic carbocycles. The number of hydrogen-bond donors (Lipinski definition) is 7. The predicted octanol–water partition coefficient (Wildman–Crippen LogP) is -5.76. The molecule has 4 aliphatic heterocycles. The fourth-order valence-electron chi connectivity index (χ4n) is 6.03. The van der Waals surface area contributed by atoms with Crippen molar-refractivity contribution in [3.05, 3.63) is 0 Å². The maximum atomic E-state index is 13.7. The third kappa shape index (κ3) is 5.57. The lowest BCUT2D eigenvalue weighted by molar-refractivity contribution is -0.154. The topological polar surface area (TPSA) is 246 Å². The highest BCUT2D eigenvalue weighted by Gasteiger charge is 2.52. The van der Waals surface area contributed by atoms with Crippen LogP contribution in [0.2, 0.25) is 0 Å². The number of aliphatic carboxylic acids is 1. The molecule has 0 aromatic carbocycles. The van der Waals surface area contributed by atoms with Crippen LogP contribution in [0.1, 0.15) is 25.7 Å². The number of carboxylic acids is 1. The van der Waals surface area contributed by atoms with Crippen molar-refractivity contribution in [1.82, 2.24) is 19.6 Å². The van der Waals surface area contributed by atoms with Crippen molar-refractivity contribution in [2.45, 2.75) is 80.3 Å². The summed E-state index contributed by atoms with van der Waals surface area (Å²) < 4.78 is 0. The van der Waals surface area contributed by atoms with E-state index in [1.807, 2.05) is 0 Å². The van der Waals surface area contributed by atoms with Crippen molar-refractivity contribution in [3.63, 3.8) is 0 Å². The zero-order valence-corrected chi connectivity index (χ0v) is 21.2. The Hall–Kier alpha value is -2.89. The Balaban J connectivity index is 1.55. The lowest BCUT2D eigenvalue weighted by atomic mass is 10.1. The number of hydrogen-bond acceptors (Lipinski definition) is 11. The van der Waals surface area contributed by atoms with Crippen LogP contribution in [0.3, 0.4) is 0 Å². The number of aliphatic hydroxyl groups is 5. The van der Waals surface area contributed by atoms with Crippen LogP contribution in [0.5, 0.6) is 0 Å². The monoisotopic (exact) mass is 557 g/mol. The second-order valence-corrected chi connectivity index (χ2v) is 10.7. The molecule has 0 spiro atoms. The second kappa shape index (κ2) is 11.3. The number of aliphatic hydroxyl groups excluding tert-OH is 5. The van der Waals surface area contributed by atoms with Crippen molar-refractivity contribution in [2.24, 2.45) is 5.73 Å². The van der Waals surface area contributed by atoms with Crippen molar-refractivity contribution < 1.29 is 54.6 Å². The van der Waals surface area contributed by atoms with Gasteiger partial charge in [0.2, 0.25) is 23.6 Å². The zero-order valence-electron chi connectivity index (χ0n) is 21.2. The van der Waals surface area contributed by atoms with E-state index in [2.05, 4.69) is 0 Å². The number of carbonyl (C=O) groups excluding carboxylic acids is 4. The zero-order chi connectivity index (χ0) is 28.8. The van der Waals surface area contributed by atoms with Gasteiger partial charge >= 0.3 is 5.97 Å². The lowest BCUT2D eigenvalue weighted by Crippen LogP contribution is -2.57. The molecule has 4 heterocycles. The van der Waals surface area contributed by atoms with E-state index in [0.29, 0.717) is 0 Å². The minimum atomic E-state index is -1.32. The molecule has 4 amide bonds. The molecule has 0 aromatic heterocycles. The summed E-state index contributed by atoms with van der Waals surface area (Å²) in [5.74, 6) is -4.30. The number of amides is 4. The Morgan fingerprint density at radius 3 is 1.28 bits per heavy atom. The summed E-state index contributed by atoms with van der Waals surface area (Å²) in [6, 6.07) is -6.31. The van der Waals surface area contributed by atoms with E-state index in [-0.39, 0.29) is 51.9 Å². The molecule has 39 heavy (non-hydrogen) atoms. The molecule has 4 aliphatic rings. The van der Waals surface area contributed by atoms with E-state index in [4.69, 9.17) is 5.73 Å². The van der Waals surface area contributed by atoms with Gasteiger partial charge in [-0.1, -0.05) is 0 Å². The van der Waals surface area contributed by atoms with Gasteiger partial charge in [-0.2, -0.15) is 0 Å². The van der Waals surface area contributed by atoms with Gasteiger partial charge in [0, 0.05) is 51.9 Å². The van der Waals surface area contributed by atoms with Gasteiger partial charge in [0.1, 0.15) is 30.2 Å². The van der Waals surface area contributed by atoms with Crippen molar-refractivity contribution in [1.29, 1.82) is 0 Å². The van der Waals surface area contributed by atoms with Crippen LogP contribution in [0.25, 0.3) is 0 Å². The fourth-order valence-corrected chi connectivity index (χ4v) is 6.03. The molecule has 16 heteroatoms. The summed E-state index contributed by atoms with van der Waals surface area (Å²) in [7, 11) is 0. The molecule has 0 saturated carbocycles. The minimum absolute atomic E-state index is 0.145. The van der Waals surface area contributed by atoms with Crippen molar-refractivity contribution >= 4 is 29.6 Å². The summed E-state index contributed by atoms with van der Waals surface area (Å²) in [6.45, 7) is -1.67. The Kier molecular flexibility index (Phi) is 8.44. The van der Waals surface area contributed by atoms with E-state index in [9.17, 15) is 54.6 Å². The molecular weight excluding hydrogens is 522 g/mol. The number of carbonyl (C=O) groups is 5. The van der Waals surface area contributed by atoms with Gasteiger partial charge < -0.3 is 56.0 Å². The molecule has 0 aromatic rings. The molecule has 4 rings (SSSR count). The van der Waals surface area contributed by atoms with Crippen molar-refractivity contribution in [2.75, 3.05) is 32.8 Å². The average molecular weight is 558 g/mol. The summed E-state index contributed by atoms with van der Waals surface area (Å²) in [4.78, 5) is 69.0. The molecule has 16 nitrogen and oxygen atoms in total. The maximum absolute atomic E-state index is 13.7. The standard InChI is InChI=1S/C23H35N5O11/c24-14(9-29)19(34)25-5-10(30)1-15(25)20(35)26-6-11(31)2-16(26)21(36)27-7-12(32)3-17(27)22(37)28-8-13(33)4-18(28)23(38)39/h10-18,29-33H,1-9,24H2,(H,38,39)/t10-,11-,12-,13-,14+,15+,16+,17+,18+/m1/s1. The smallest absolute Gasteiger partial charge is 0.326 e. The Morgan fingerprint density at radius 1 is 0.615 bits per heavy atom. The maximum Gasteiger partial charge on any atom is 0.326 e. The van der Waals surface area contributed by atoms with Crippen LogP contribution in [-0.2, 0) is 24.0 Å². The molecule has 218 valence electrons. The van der Waals surface area contributed by atoms with E-state index in [0.717, 1.165) is 19.6 Å². The van der Waals surface area contributed by atoms with Gasteiger partial charge in [-0.15, -0.1) is 0 Å². The Morgan fingerprint density at radius 2 is 0.923 bits per heavy atom. The molecule has 0 radical (unpaired) electrons. The summed E-state index contributed by atoms with van der Waals surface area (Å²) in [5, 5.41) is 59.5. The number of nitrogens with two attached hydrogens (primary N) is 1. The van der Waals surface area contributed by atoms with Crippen LogP contribution >= 0.6 is 0 Å². The van der Waals surface area contributed by atoms with Crippen LogP contribution in [-0.4, -0.2) is 167 Å².